The monoisotopic (exact) mass is 357 g/mol. The van der Waals surface area contributed by atoms with Crippen molar-refractivity contribution in [2.45, 2.75) is 13.5 Å². The van der Waals surface area contributed by atoms with Gasteiger partial charge >= 0.3 is 5.82 Å². The van der Waals surface area contributed by atoms with Crippen LogP contribution in [0.4, 0.5) is 5.82 Å². The zero-order valence-corrected chi connectivity index (χ0v) is 11.6. The Morgan fingerprint density at radius 2 is 2.44 bits per heavy atom. The molecule has 0 aromatic carbocycles. The molecule has 1 heterocycles. The van der Waals surface area contributed by atoms with Crippen LogP contribution >= 0.6 is 11.8 Å². The maximum absolute atomic E-state index is 10.6. The second-order valence-corrected chi connectivity index (χ2v) is 3.99. The number of hydrogen-bond donors (Lipinski definition) is 2. The van der Waals surface area contributed by atoms with E-state index in [2.05, 4.69) is 4.98 Å². The van der Waals surface area contributed by atoms with Crippen LogP contribution in [-0.2, 0) is 6.54 Å². The molecule has 1 rings (SSSR count). The van der Waals surface area contributed by atoms with Gasteiger partial charge in [-0.3, -0.25) is 11.1 Å². The minimum absolute atomic E-state index is 0. The van der Waals surface area contributed by atoms with Crippen LogP contribution in [0.5, 0.6) is 0 Å². The number of nitrogens with two attached hydrogens (primary N) is 2. The molecule has 4 N–H and O–H groups in total. The summed E-state index contributed by atoms with van der Waals surface area (Å²) in [6.07, 6.45) is 1.25. The van der Waals surface area contributed by atoms with Crippen molar-refractivity contribution < 1.29 is 34.3 Å². The van der Waals surface area contributed by atoms with Gasteiger partial charge in [0.05, 0.1) is 0 Å². The fourth-order valence-electron chi connectivity index (χ4n) is 1.13. The number of nitrogens with zero attached hydrogens (tertiary/aromatic N) is 3. The molecule has 0 saturated heterocycles. The van der Waals surface area contributed by atoms with Gasteiger partial charge < -0.3 is 34.1 Å². The summed E-state index contributed by atoms with van der Waals surface area (Å²) < 4.78 is 1.52. The Hall–Kier alpha value is -0.840. The molecule has 1 aromatic heterocycles. The Kier molecular flexibility index (Phi) is 6.33. The lowest BCUT2D eigenvalue weighted by Gasteiger charge is -2.00. The van der Waals surface area contributed by atoms with Crippen molar-refractivity contribution in [3.8, 4) is 0 Å². The van der Waals surface area contributed by atoms with E-state index in [0.717, 1.165) is 0 Å². The Bertz CT molecular complexity index is 394. The second kappa shape index (κ2) is 6.68. The summed E-state index contributed by atoms with van der Waals surface area (Å²) in [6, 6.07) is 0. The minimum atomic E-state index is -0.458. The quantitative estimate of drug-likeness (QED) is 0.187. The first-order valence-corrected chi connectivity index (χ1v) is 5.18. The molecule has 0 radical (unpaired) electrons. The fraction of sp³-hybridized carbons (Fsp3) is 0.429. The molecule has 0 spiro atoms. The first-order valence-electron chi connectivity index (χ1n) is 4.19. The molecule has 7 nitrogen and oxygen atoms in total. The molecule has 0 aliphatic rings. The number of thioether (sulfide) groups is 1. The summed E-state index contributed by atoms with van der Waals surface area (Å²) in [6.45, 7) is 2.18. The van der Waals surface area contributed by atoms with Crippen LogP contribution in [0.15, 0.2) is 6.20 Å². The van der Waals surface area contributed by atoms with E-state index in [9.17, 15) is 10.1 Å². The van der Waals surface area contributed by atoms with Crippen molar-refractivity contribution in [1.82, 2.24) is 9.55 Å². The van der Waals surface area contributed by atoms with Gasteiger partial charge in [0.25, 0.3) is 5.17 Å². The lowest BCUT2D eigenvalue weighted by Crippen LogP contribution is -3.00. The average Bonchev–Trinajstić information content (AvgIpc) is 2.47. The summed E-state index contributed by atoms with van der Waals surface area (Å²) >= 11 is 1.26. The van der Waals surface area contributed by atoms with E-state index in [0.29, 0.717) is 18.1 Å². The smallest absolute Gasteiger partial charge is 0.342 e. The summed E-state index contributed by atoms with van der Waals surface area (Å²) in [5.41, 5.74) is 5.27. The van der Waals surface area contributed by atoms with Crippen molar-refractivity contribution in [1.29, 1.82) is 0 Å². The van der Waals surface area contributed by atoms with Gasteiger partial charge in [0.2, 0.25) is 0 Å². The van der Waals surface area contributed by atoms with Gasteiger partial charge in [-0.1, -0.05) is 0 Å². The number of rotatable bonds is 4. The van der Waals surface area contributed by atoms with Crippen molar-refractivity contribution in [2.75, 3.05) is 5.75 Å². The number of aryl methyl sites for hydroxylation is 1. The molecule has 16 heavy (non-hydrogen) atoms. The summed E-state index contributed by atoms with van der Waals surface area (Å²) in [7, 11) is 0. The summed E-state index contributed by atoms with van der Waals surface area (Å²) in [5, 5.41) is 16.1. The van der Waals surface area contributed by atoms with Gasteiger partial charge in [0, 0.05) is 12.7 Å². The van der Waals surface area contributed by atoms with Gasteiger partial charge in [-0.15, -0.1) is 0 Å². The largest absolute Gasteiger partial charge is 1.00 e. The van der Waals surface area contributed by atoms with E-state index in [1.54, 1.807) is 6.92 Å². The lowest BCUT2D eigenvalue weighted by molar-refractivity contribution is -0.392. The van der Waals surface area contributed by atoms with E-state index < -0.39 is 4.92 Å². The number of amidine groups is 1. The van der Waals surface area contributed by atoms with Crippen molar-refractivity contribution in [3.63, 3.8) is 0 Å². The maximum Gasteiger partial charge on any atom is 0.342 e. The maximum atomic E-state index is 10.6. The van der Waals surface area contributed by atoms with Crippen LogP contribution in [-0.4, -0.2) is 25.4 Å². The highest BCUT2D eigenvalue weighted by Crippen LogP contribution is 2.14. The van der Waals surface area contributed by atoms with Crippen molar-refractivity contribution in [2.24, 2.45) is 5.73 Å². The average molecular weight is 357 g/mol. The molecule has 0 fully saturated rings. The lowest BCUT2D eigenvalue weighted by atomic mass is 10.6. The highest BCUT2D eigenvalue weighted by molar-refractivity contribution is 8.13. The molecule has 1 aromatic rings. The van der Waals surface area contributed by atoms with Crippen LogP contribution in [0.2, 0.25) is 0 Å². The molecule has 9 heteroatoms. The molecule has 0 unspecified atom stereocenters. The van der Waals surface area contributed by atoms with Gasteiger partial charge in [-0.25, -0.2) is 9.55 Å². The highest BCUT2D eigenvalue weighted by Gasteiger charge is 2.16. The first-order chi connectivity index (χ1) is 7.02. The Labute approximate surface area is 113 Å². The third-order valence-corrected chi connectivity index (χ3v) is 2.52. The van der Waals surface area contributed by atoms with Gasteiger partial charge in [-0.05, 0) is 16.7 Å². The zero-order valence-electron chi connectivity index (χ0n) is 8.59. The van der Waals surface area contributed by atoms with E-state index in [1.807, 2.05) is 0 Å². The fourth-order valence-corrected chi connectivity index (χ4v) is 1.64. The summed E-state index contributed by atoms with van der Waals surface area (Å²) in [5.74, 6) is 1.18. The van der Waals surface area contributed by atoms with Crippen molar-refractivity contribution >= 4 is 22.7 Å². The minimum Gasteiger partial charge on any atom is -1.00 e. The first kappa shape index (κ1) is 15.2. The number of aromatic nitrogens is 2. The Morgan fingerprint density at radius 1 is 1.81 bits per heavy atom. The molecule has 0 aliphatic carbocycles. The molecule has 90 valence electrons. The van der Waals surface area contributed by atoms with E-state index in [4.69, 9.17) is 11.1 Å². The predicted octanol–water partition coefficient (Wildman–Crippen LogP) is -4.09. The standard InChI is InChI=1S/C7H11N5O2S.HI/c1-5-10-4-6(12(13)14)11(5)2-3-15-7(8)9;/h4H,2-3H2,1H3,(H3,8,9);1H. The van der Waals surface area contributed by atoms with Crippen LogP contribution in [0.1, 0.15) is 5.82 Å². The van der Waals surface area contributed by atoms with E-state index in [1.165, 1.54) is 22.5 Å². The van der Waals surface area contributed by atoms with Gasteiger partial charge in [0.15, 0.2) is 5.82 Å². The second-order valence-electron chi connectivity index (χ2n) is 2.82. The molecule has 0 atom stereocenters. The van der Waals surface area contributed by atoms with E-state index in [-0.39, 0.29) is 35.0 Å². The van der Waals surface area contributed by atoms with Crippen LogP contribution in [0, 0.1) is 17.0 Å². The zero-order chi connectivity index (χ0) is 11.4. The number of halogens is 1. The SMILES string of the molecule is Cc1ncc([N+](=O)[O-])n1CCSC(N)=[NH2+].[I-]. The Morgan fingerprint density at radius 3 is 2.94 bits per heavy atom. The van der Waals surface area contributed by atoms with Crippen LogP contribution < -0.4 is 35.1 Å². The number of imidazole rings is 1. The predicted molar refractivity (Wildman–Crippen MR) is 57.2 cm³/mol. The topological polar surface area (TPSA) is 113 Å². The van der Waals surface area contributed by atoms with Gasteiger partial charge in [0.1, 0.15) is 12.7 Å². The van der Waals surface area contributed by atoms with Crippen LogP contribution in [0.3, 0.4) is 0 Å². The number of hydrogen-bond acceptors (Lipinski definition) is 4. The molecular formula is C7H12IN5O2S. The molecule has 0 saturated carbocycles. The number of nitro groups is 1. The van der Waals surface area contributed by atoms with Crippen LogP contribution in [0.25, 0.3) is 0 Å². The molecule has 0 amide bonds. The molecule has 0 aliphatic heterocycles. The third-order valence-electron chi connectivity index (χ3n) is 1.80. The molecular weight excluding hydrogens is 345 g/mol. The highest BCUT2D eigenvalue weighted by atomic mass is 127. The summed E-state index contributed by atoms with van der Waals surface area (Å²) in [4.78, 5) is 14.0. The van der Waals surface area contributed by atoms with E-state index >= 15 is 0 Å². The normalized spacial score (nSPS) is 9.56. The van der Waals surface area contributed by atoms with Crippen molar-refractivity contribution in [3.05, 3.63) is 22.1 Å². The Balaban J connectivity index is 0.00000225. The third kappa shape index (κ3) is 3.96. The molecule has 0 bridgehead atoms. The van der Waals surface area contributed by atoms with Gasteiger partial charge in [-0.2, -0.15) is 0 Å².